The molecule has 2 aromatic heterocycles. The molecule has 1 N–H and O–H groups in total. The Morgan fingerprint density at radius 3 is 2.56 bits per heavy atom. The largest absolute Gasteiger partial charge is 0.353 e. The van der Waals surface area contributed by atoms with Gasteiger partial charge in [-0.15, -0.1) is 21.5 Å². The van der Waals surface area contributed by atoms with E-state index in [2.05, 4.69) is 15.5 Å². The van der Waals surface area contributed by atoms with Crippen molar-refractivity contribution in [1.29, 1.82) is 0 Å². The van der Waals surface area contributed by atoms with Crippen molar-refractivity contribution in [2.75, 3.05) is 5.32 Å². The first kappa shape index (κ1) is 12.1. The molecular formula is C9H9Cl2N3S2. The van der Waals surface area contributed by atoms with Gasteiger partial charge in [-0.1, -0.05) is 34.5 Å². The van der Waals surface area contributed by atoms with Crippen molar-refractivity contribution in [3.63, 3.8) is 0 Å². The first-order chi connectivity index (χ1) is 7.56. The van der Waals surface area contributed by atoms with Gasteiger partial charge in [0.05, 0.1) is 14.7 Å². The molecule has 0 fully saturated rings. The smallest absolute Gasteiger partial charge is 0.206 e. The van der Waals surface area contributed by atoms with Crippen molar-refractivity contribution in [2.24, 2.45) is 0 Å². The lowest BCUT2D eigenvalue weighted by Gasteiger charge is -2.11. The first-order valence-electron chi connectivity index (χ1n) is 4.57. The molecule has 0 saturated heterocycles. The summed E-state index contributed by atoms with van der Waals surface area (Å²) < 4.78 is 1.41. The van der Waals surface area contributed by atoms with Crippen molar-refractivity contribution in [2.45, 2.75) is 19.9 Å². The van der Waals surface area contributed by atoms with Crippen LogP contribution in [-0.4, -0.2) is 10.2 Å². The van der Waals surface area contributed by atoms with E-state index in [-0.39, 0.29) is 6.04 Å². The molecule has 0 amide bonds. The molecule has 0 aliphatic carbocycles. The molecule has 1 unspecified atom stereocenters. The zero-order valence-corrected chi connectivity index (χ0v) is 11.8. The minimum atomic E-state index is 0.0728. The van der Waals surface area contributed by atoms with Gasteiger partial charge in [-0.05, 0) is 19.9 Å². The maximum atomic E-state index is 6.07. The minimum absolute atomic E-state index is 0.0728. The van der Waals surface area contributed by atoms with E-state index in [1.807, 2.05) is 19.9 Å². The summed E-state index contributed by atoms with van der Waals surface area (Å²) in [7, 11) is 0. The predicted octanol–water partition coefficient (Wildman–Crippen LogP) is 4.39. The molecule has 16 heavy (non-hydrogen) atoms. The van der Waals surface area contributed by atoms with Crippen molar-refractivity contribution >= 4 is 51.0 Å². The lowest BCUT2D eigenvalue weighted by molar-refractivity contribution is 0.877. The number of hydrogen-bond donors (Lipinski definition) is 1. The molecule has 3 nitrogen and oxygen atoms in total. The van der Waals surface area contributed by atoms with Crippen LogP contribution in [0.25, 0.3) is 0 Å². The molecule has 0 bridgehead atoms. The van der Waals surface area contributed by atoms with E-state index in [0.717, 1.165) is 15.7 Å². The Bertz CT molecular complexity index is 495. The van der Waals surface area contributed by atoms with Crippen LogP contribution in [-0.2, 0) is 0 Å². The molecule has 0 aliphatic heterocycles. The van der Waals surface area contributed by atoms with Gasteiger partial charge < -0.3 is 5.32 Å². The van der Waals surface area contributed by atoms with Gasteiger partial charge in [-0.3, -0.25) is 0 Å². The van der Waals surface area contributed by atoms with Gasteiger partial charge in [0.2, 0.25) is 5.13 Å². The van der Waals surface area contributed by atoms with E-state index in [9.17, 15) is 0 Å². The second-order valence-electron chi connectivity index (χ2n) is 3.27. The molecule has 0 aliphatic rings. The van der Waals surface area contributed by atoms with Crippen molar-refractivity contribution in [3.8, 4) is 0 Å². The van der Waals surface area contributed by atoms with Gasteiger partial charge in [-0.25, -0.2) is 0 Å². The highest BCUT2D eigenvalue weighted by Crippen LogP contribution is 2.36. The van der Waals surface area contributed by atoms with Crippen LogP contribution in [0.1, 0.15) is 23.5 Å². The Morgan fingerprint density at radius 2 is 2.06 bits per heavy atom. The average molecular weight is 294 g/mol. The van der Waals surface area contributed by atoms with Crippen LogP contribution in [0.15, 0.2) is 6.07 Å². The summed E-state index contributed by atoms with van der Waals surface area (Å²) in [6.45, 7) is 3.93. The Balaban J connectivity index is 2.14. The summed E-state index contributed by atoms with van der Waals surface area (Å²) in [6.07, 6.45) is 0. The molecule has 7 heteroatoms. The second kappa shape index (κ2) is 4.87. The summed E-state index contributed by atoms with van der Waals surface area (Å²) in [4.78, 5) is 0. The lowest BCUT2D eigenvalue weighted by Crippen LogP contribution is -2.05. The number of nitrogens with zero attached hydrogens (tertiary/aromatic N) is 2. The Morgan fingerprint density at radius 1 is 1.31 bits per heavy atom. The third-order valence-corrected chi connectivity index (χ3v) is 4.30. The predicted molar refractivity (Wildman–Crippen MR) is 71.0 cm³/mol. The molecule has 1 atom stereocenters. The van der Waals surface area contributed by atoms with Crippen molar-refractivity contribution in [3.05, 3.63) is 25.3 Å². The maximum absolute atomic E-state index is 6.07. The number of anilines is 1. The highest BCUT2D eigenvalue weighted by atomic mass is 35.5. The molecule has 86 valence electrons. The van der Waals surface area contributed by atoms with Gasteiger partial charge in [0.15, 0.2) is 0 Å². The fourth-order valence-electron chi connectivity index (χ4n) is 1.27. The number of aryl methyl sites for hydroxylation is 1. The average Bonchev–Trinajstić information content (AvgIpc) is 2.73. The molecule has 2 heterocycles. The van der Waals surface area contributed by atoms with E-state index in [1.54, 1.807) is 0 Å². The van der Waals surface area contributed by atoms with Gasteiger partial charge in [0, 0.05) is 5.56 Å². The standard InChI is InChI=1S/C9H9Cl2N3S2/c1-4(6-3-7(10)16-8(6)11)12-9-14-13-5(2)15-9/h3-4H,1-2H3,(H,12,14). The third kappa shape index (κ3) is 2.66. The van der Waals surface area contributed by atoms with E-state index in [0.29, 0.717) is 8.67 Å². The van der Waals surface area contributed by atoms with E-state index < -0.39 is 0 Å². The van der Waals surface area contributed by atoms with Gasteiger partial charge in [-0.2, -0.15) is 0 Å². The molecule has 0 aromatic carbocycles. The first-order valence-corrected chi connectivity index (χ1v) is 6.96. The summed E-state index contributed by atoms with van der Waals surface area (Å²) >= 11 is 14.9. The highest BCUT2D eigenvalue weighted by molar-refractivity contribution is 7.20. The quantitative estimate of drug-likeness (QED) is 0.912. The summed E-state index contributed by atoms with van der Waals surface area (Å²) in [6, 6.07) is 1.95. The topological polar surface area (TPSA) is 37.8 Å². The van der Waals surface area contributed by atoms with Crippen LogP contribution in [0.2, 0.25) is 8.67 Å². The van der Waals surface area contributed by atoms with Crippen LogP contribution in [0, 0.1) is 6.92 Å². The fourth-order valence-corrected chi connectivity index (χ4v) is 3.59. The van der Waals surface area contributed by atoms with Crippen molar-refractivity contribution < 1.29 is 0 Å². The van der Waals surface area contributed by atoms with Gasteiger partial charge in [0.25, 0.3) is 0 Å². The normalized spacial score (nSPS) is 12.8. The Kier molecular flexibility index (Phi) is 3.69. The van der Waals surface area contributed by atoms with Gasteiger partial charge >= 0.3 is 0 Å². The Labute approximate surface area is 111 Å². The molecule has 0 spiro atoms. The van der Waals surface area contributed by atoms with Crippen LogP contribution >= 0.6 is 45.9 Å². The molecule has 2 rings (SSSR count). The van der Waals surface area contributed by atoms with Crippen LogP contribution in [0.5, 0.6) is 0 Å². The Hall–Kier alpha value is -0.360. The van der Waals surface area contributed by atoms with Crippen LogP contribution < -0.4 is 5.32 Å². The minimum Gasteiger partial charge on any atom is -0.353 e. The SMILES string of the molecule is Cc1nnc(NC(C)c2cc(Cl)sc2Cl)s1. The summed E-state index contributed by atoms with van der Waals surface area (Å²) in [5, 5.41) is 12.9. The highest BCUT2D eigenvalue weighted by Gasteiger charge is 2.14. The number of thiophene rings is 1. The maximum Gasteiger partial charge on any atom is 0.206 e. The zero-order valence-electron chi connectivity index (χ0n) is 8.62. The third-order valence-electron chi connectivity index (χ3n) is 2.02. The molecule has 0 saturated carbocycles. The van der Waals surface area contributed by atoms with Crippen LogP contribution in [0.4, 0.5) is 5.13 Å². The molecule has 0 radical (unpaired) electrons. The van der Waals surface area contributed by atoms with E-state index in [1.165, 1.54) is 22.7 Å². The van der Waals surface area contributed by atoms with E-state index in [4.69, 9.17) is 23.2 Å². The molecular weight excluding hydrogens is 285 g/mol. The number of aromatic nitrogens is 2. The fraction of sp³-hybridized carbons (Fsp3) is 0.333. The zero-order chi connectivity index (χ0) is 11.7. The monoisotopic (exact) mass is 293 g/mol. The number of nitrogens with one attached hydrogen (secondary N) is 1. The second-order valence-corrected chi connectivity index (χ2v) is 6.74. The lowest BCUT2D eigenvalue weighted by atomic mass is 10.2. The van der Waals surface area contributed by atoms with Crippen LogP contribution in [0.3, 0.4) is 0 Å². The number of rotatable bonds is 3. The summed E-state index contributed by atoms with van der Waals surface area (Å²) in [5.74, 6) is 0. The number of halogens is 2. The number of hydrogen-bond acceptors (Lipinski definition) is 5. The summed E-state index contributed by atoms with van der Waals surface area (Å²) in [5.41, 5.74) is 0.990. The van der Waals surface area contributed by atoms with Crippen molar-refractivity contribution in [1.82, 2.24) is 10.2 Å². The molecule has 2 aromatic rings. The van der Waals surface area contributed by atoms with E-state index >= 15 is 0 Å². The van der Waals surface area contributed by atoms with Gasteiger partial charge in [0.1, 0.15) is 5.01 Å².